The van der Waals surface area contributed by atoms with Crippen LogP contribution in [0.5, 0.6) is 0 Å². The Balaban J connectivity index is 1.91. The summed E-state index contributed by atoms with van der Waals surface area (Å²) in [5.41, 5.74) is -1.12. The van der Waals surface area contributed by atoms with Gasteiger partial charge < -0.3 is 15.0 Å². The van der Waals surface area contributed by atoms with Crippen LogP contribution in [0.15, 0.2) is 0 Å². The SMILES string of the molecule is COCCC1(CNC(=O)N2CC[C@@H](C(F)(F)F)C2(C)C)CC1. The van der Waals surface area contributed by atoms with Gasteiger partial charge in [-0.1, -0.05) is 0 Å². The van der Waals surface area contributed by atoms with E-state index in [-0.39, 0.29) is 24.4 Å². The van der Waals surface area contributed by atoms with Crippen molar-refractivity contribution in [3.63, 3.8) is 0 Å². The number of halogens is 3. The van der Waals surface area contributed by atoms with Crippen molar-refractivity contribution in [1.29, 1.82) is 0 Å². The molecule has 1 aliphatic carbocycles. The predicted octanol–water partition coefficient (Wildman–Crippen LogP) is 3.18. The van der Waals surface area contributed by atoms with Crippen LogP contribution in [0.2, 0.25) is 0 Å². The lowest BCUT2D eigenvalue weighted by atomic mass is 9.88. The van der Waals surface area contributed by atoms with Gasteiger partial charge in [-0.15, -0.1) is 0 Å². The van der Waals surface area contributed by atoms with Crippen LogP contribution in [0, 0.1) is 11.3 Å². The molecule has 1 aliphatic heterocycles. The molecule has 0 unspecified atom stereocenters. The first-order valence-corrected chi connectivity index (χ1v) is 7.73. The molecular formula is C15H25F3N2O2. The van der Waals surface area contributed by atoms with Crippen molar-refractivity contribution in [2.75, 3.05) is 26.8 Å². The maximum absolute atomic E-state index is 13.0. The highest BCUT2D eigenvalue weighted by Crippen LogP contribution is 2.48. The van der Waals surface area contributed by atoms with Gasteiger partial charge in [0.25, 0.3) is 0 Å². The minimum atomic E-state index is -4.27. The average molecular weight is 322 g/mol. The second-order valence-electron chi connectivity index (χ2n) is 7.09. The molecule has 4 nitrogen and oxygen atoms in total. The molecule has 128 valence electrons. The monoisotopic (exact) mass is 322 g/mol. The Morgan fingerprint density at radius 2 is 2.00 bits per heavy atom. The topological polar surface area (TPSA) is 41.6 Å². The molecule has 2 rings (SSSR count). The van der Waals surface area contributed by atoms with Crippen molar-refractivity contribution in [1.82, 2.24) is 10.2 Å². The number of ether oxygens (including phenoxy) is 1. The zero-order valence-electron chi connectivity index (χ0n) is 13.4. The van der Waals surface area contributed by atoms with Crippen LogP contribution in [0.25, 0.3) is 0 Å². The molecular weight excluding hydrogens is 297 g/mol. The summed E-state index contributed by atoms with van der Waals surface area (Å²) in [5.74, 6) is -1.46. The van der Waals surface area contributed by atoms with E-state index in [1.165, 1.54) is 18.7 Å². The number of carbonyl (C=O) groups is 1. The standard InChI is InChI=1S/C15H25F3N2O2/c1-13(2)11(15(16,17)18)4-8-20(13)12(21)19-10-14(5-6-14)7-9-22-3/h11H,4-10H2,1-3H3,(H,19,21)/t11-/m1/s1. The van der Waals surface area contributed by atoms with Gasteiger partial charge in [0, 0.05) is 26.8 Å². The summed E-state index contributed by atoms with van der Waals surface area (Å²) in [6.07, 6.45) is -1.36. The van der Waals surface area contributed by atoms with Crippen molar-refractivity contribution < 1.29 is 22.7 Å². The summed E-state index contributed by atoms with van der Waals surface area (Å²) in [6.45, 7) is 4.29. The lowest BCUT2D eigenvalue weighted by Gasteiger charge is -2.37. The number of urea groups is 1. The lowest BCUT2D eigenvalue weighted by Crippen LogP contribution is -2.53. The number of hydrogen-bond acceptors (Lipinski definition) is 2. The van der Waals surface area contributed by atoms with Gasteiger partial charge in [-0.25, -0.2) is 4.79 Å². The molecule has 0 spiro atoms. The quantitative estimate of drug-likeness (QED) is 0.845. The lowest BCUT2D eigenvalue weighted by molar-refractivity contribution is -0.189. The Morgan fingerprint density at radius 1 is 1.36 bits per heavy atom. The Bertz CT molecular complexity index is 420. The third-order valence-corrected chi connectivity index (χ3v) is 5.24. The number of nitrogens with zero attached hydrogens (tertiary/aromatic N) is 1. The third-order valence-electron chi connectivity index (χ3n) is 5.24. The second-order valence-corrected chi connectivity index (χ2v) is 7.09. The number of carbonyl (C=O) groups excluding carboxylic acids is 1. The minimum Gasteiger partial charge on any atom is -0.385 e. The van der Waals surface area contributed by atoms with Crippen molar-refractivity contribution in [2.45, 2.75) is 51.2 Å². The second kappa shape index (κ2) is 5.91. The third kappa shape index (κ3) is 3.50. The fourth-order valence-electron chi connectivity index (χ4n) is 3.38. The summed E-state index contributed by atoms with van der Waals surface area (Å²) in [4.78, 5) is 13.6. The van der Waals surface area contributed by atoms with Gasteiger partial charge in [0.05, 0.1) is 11.5 Å². The maximum Gasteiger partial charge on any atom is 0.394 e. The number of rotatable bonds is 5. The molecule has 1 saturated carbocycles. The van der Waals surface area contributed by atoms with Crippen LogP contribution < -0.4 is 5.32 Å². The molecule has 2 aliphatic rings. The van der Waals surface area contributed by atoms with Crippen molar-refractivity contribution in [3.05, 3.63) is 0 Å². The van der Waals surface area contributed by atoms with Crippen molar-refractivity contribution in [3.8, 4) is 0 Å². The first kappa shape index (κ1) is 17.4. The molecule has 0 aromatic heterocycles. The van der Waals surface area contributed by atoms with Crippen LogP contribution in [0.3, 0.4) is 0 Å². The van der Waals surface area contributed by atoms with E-state index in [1.807, 2.05) is 0 Å². The summed E-state index contributed by atoms with van der Waals surface area (Å²) in [5, 5.41) is 2.83. The van der Waals surface area contributed by atoms with Gasteiger partial charge in [0.1, 0.15) is 0 Å². The van der Waals surface area contributed by atoms with E-state index < -0.39 is 17.6 Å². The first-order chi connectivity index (χ1) is 10.1. The number of likely N-dealkylation sites (tertiary alicyclic amines) is 1. The Morgan fingerprint density at radius 3 is 2.45 bits per heavy atom. The fourth-order valence-corrected chi connectivity index (χ4v) is 3.38. The van der Waals surface area contributed by atoms with Gasteiger partial charge in [0.2, 0.25) is 0 Å². The molecule has 0 aromatic carbocycles. The molecule has 1 heterocycles. The smallest absolute Gasteiger partial charge is 0.385 e. The van der Waals surface area contributed by atoms with E-state index in [1.54, 1.807) is 7.11 Å². The van der Waals surface area contributed by atoms with E-state index in [0.29, 0.717) is 13.2 Å². The largest absolute Gasteiger partial charge is 0.394 e. The van der Waals surface area contributed by atoms with Crippen LogP contribution >= 0.6 is 0 Å². The number of alkyl halides is 3. The highest BCUT2D eigenvalue weighted by atomic mass is 19.4. The molecule has 1 atom stereocenters. The van der Waals surface area contributed by atoms with Crippen molar-refractivity contribution >= 4 is 6.03 Å². The molecule has 22 heavy (non-hydrogen) atoms. The highest BCUT2D eigenvalue weighted by molar-refractivity contribution is 5.75. The first-order valence-electron chi connectivity index (χ1n) is 7.73. The molecule has 1 saturated heterocycles. The van der Waals surface area contributed by atoms with Crippen LogP contribution in [-0.4, -0.2) is 49.5 Å². The van der Waals surface area contributed by atoms with Crippen LogP contribution in [0.4, 0.5) is 18.0 Å². The minimum absolute atomic E-state index is 0.0290. The Kier molecular flexibility index (Phi) is 4.66. The Labute approximate surface area is 129 Å². The number of hydrogen-bond donors (Lipinski definition) is 1. The van der Waals surface area contributed by atoms with Gasteiger partial charge in [-0.05, 0) is 44.9 Å². The number of methoxy groups -OCH3 is 1. The van der Waals surface area contributed by atoms with E-state index in [9.17, 15) is 18.0 Å². The summed E-state index contributed by atoms with van der Waals surface area (Å²) in [6, 6.07) is -0.388. The summed E-state index contributed by atoms with van der Waals surface area (Å²) >= 11 is 0. The number of nitrogens with one attached hydrogen (secondary N) is 1. The van der Waals surface area contributed by atoms with Gasteiger partial charge in [-0.3, -0.25) is 0 Å². The van der Waals surface area contributed by atoms with Crippen molar-refractivity contribution in [2.24, 2.45) is 11.3 Å². The molecule has 0 aromatic rings. The van der Waals surface area contributed by atoms with Crippen LogP contribution in [-0.2, 0) is 4.74 Å². The van der Waals surface area contributed by atoms with Gasteiger partial charge in [0.15, 0.2) is 0 Å². The van der Waals surface area contributed by atoms with Gasteiger partial charge >= 0.3 is 12.2 Å². The molecule has 0 bridgehead atoms. The van der Waals surface area contributed by atoms with E-state index in [4.69, 9.17) is 4.74 Å². The number of amides is 2. The van der Waals surface area contributed by atoms with E-state index >= 15 is 0 Å². The summed E-state index contributed by atoms with van der Waals surface area (Å²) in [7, 11) is 1.64. The normalized spacial score (nSPS) is 26.1. The molecule has 1 N–H and O–H groups in total. The zero-order valence-corrected chi connectivity index (χ0v) is 13.4. The van der Waals surface area contributed by atoms with E-state index in [2.05, 4.69) is 5.32 Å². The summed E-state index contributed by atoms with van der Waals surface area (Å²) < 4.78 is 44.2. The average Bonchev–Trinajstić information content (AvgIpc) is 3.09. The maximum atomic E-state index is 13.0. The highest BCUT2D eigenvalue weighted by Gasteiger charge is 2.56. The van der Waals surface area contributed by atoms with E-state index in [0.717, 1.165) is 19.3 Å². The predicted molar refractivity (Wildman–Crippen MR) is 76.5 cm³/mol. The zero-order chi connectivity index (χ0) is 16.6. The molecule has 7 heteroatoms. The molecule has 0 radical (unpaired) electrons. The molecule has 2 amide bonds. The Hall–Kier alpha value is -0.980. The van der Waals surface area contributed by atoms with Gasteiger partial charge in [-0.2, -0.15) is 13.2 Å². The molecule has 2 fully saturated rings. The van der Waals surface area contributed by atoms with Crippen LogP contribution in [0.1, 0.15) is 39.5 Å². The fraction of sp³-hybridized carbons (Fsp3) is 0.933.